The van der Waals surface area contributed by atoms with Crippen molar-refractivity contribution in [2.45, 2.75) is 0 Å². The van der Waals surface area contributed by atoms with Crippen LogP contribution in [0.5, 0.6) is 0 Å². The Morgan fingerprint density at radius 1 is 0.404 bits per heavy atom. The van der Waals surface area contributed by atoms with E-state index < -0.39 is 23.9 Å². The summed E-state index contributed by atoms with van der Waals surface area (Å²) in [7, 11) is 0. The molecule has 0 amide bonds. The molecule has 16 heteroatoms. The van der Waals surface area contributed by atoms with Gasteiger partial charge in [0, 0.05) is 43.8 Å². The van der Waals surface area contributed by atoms with Crippen molar-refractivity contribution in [2.24, 2.45) is 0 Å². The van der Waals surface area contributed by atoms with E-state index in [9.17, 15) is 39.6 Å². The van der Waals surface area contributed by atoms with Crippen LogP contribution in [-0.2, 0) is 0 Å². The lowest BCUT2D eigenvalue weighted by Crippen LogP contribution is -2.00. The largest absolute Gasteiger partial charge is 0.478 e. The molecule has 2 aliphatic rings. The minimum Gasteiger partial charge on any atom is -0.478 e. The van der Waals surface area contributed by atoms with Crippen molar-refractivity contribution in [3.63, 3.8) is 0 Å². The number of rotatable bonds is 4. The number of carbonyl (C=O) groups is 4. The fraction of sp³-hybridized carbons (Fsp3) is 0. The highest BCUT2D eigenvalue weighted by Crippen LogP contribution is 2.40. The summed E-state index contributed by atoms with van der Waals surface area (Å²) in [5.41, 5.74) is 0.498. The van der Waals surface area contributed by atoms with Gasteiger partial charge in [-0.1, -0.05) is 48.5 Å². The maximum atomic E-state index is 12.5. The maximum absolute atomic E-state index is 12.5. The number of aromatic nitrogens is 8. The normalized spacial score (nSPS) is 11.7. The molecule has 0 aliphatic carbocycles. The van der Waals surface area contributed by atoms with Crippen LogP contribution in [0.2, 0.25) is 0 Å². The van der Waals surface area contributed by atoms with E-state index in [4.69, 9.17) is 19.9 Å². The molecule has 8 bridgehead atoms. The van der Waals surface area contributed by atoms with E-state index in [1.807, 2.05) is 0 Å². The van der Waals surface area contributed by atoms with E-state index >= 15 is 0 Å². The van der Waals surface area contributed by atoms with E-state index in [2.05, 4.69) is 19.9 Å². The Morgan fingerprint density at radius 2 is 0.750 bits per heavy atom. The number of nitrogens with zero attached hydrogens (tertiary/aromatic N) is 6. The highest BCUT2D eigenvalue weighted by molar-refractivity contribution is 6.16. The summed E-state index contributed by atoms with van der Waals surface area (Å²) in [4.78, 5) is 84.1. The van der Waals surface area contributed by atoms with Crippen molar-refractivity contribution in [1.82, 2.24) is 39.9 Å². The zero-order chi connectivity index (χ0) is 36.0. The van der Waals surface area contributed by atoms with Crippen LogP contribution in [0, 0.1) is 0 Å². The Hall–Kier alpha value is -7.88. The van der Waals surface area contributed by atoms with Crippen LogP contribution in [0.4, 0.5) is 0 Å². The Kier molecular flexibility index (Phi) is 6.28. The lowest BCUT2D eigenvalue weighted by molar-refractivity contribution is 0.0687. The standard InChI is InChI=1S/C36H18N8O8/c45-33(46)17-9-1-5-13-21(17)29-37-25(13)41-30-22-14(6-2-10-18(22)34(47)48)27(38-30)43-32-24-16(8-4-12-20(24)36(51)52)28(40-32)44-31-23-15(26(39-31)42-29)7-3-11-19(23)35(49)50/h1-12H,(H,45,46)(H,47,48)(H,49,50)(H,51,52)(H2,37,38,39,40,41,42,43,44). The van der Waals surface area contributed by atoms with Gasteiger partial charge in [-0.25, -0.2) is 49.1 Å². The van der Waals surface area contributed by atoms with Crippen molar-refractivity contribution >= 4 is 68.0 Å². The van der Waals surface area contributed by atoms with Crippen LogP contribution in [0.3, 0.4) is 0 Å². The first-order valence-corrected chi connectivity index (χ1v) is 15.4. The number of H-pyrrole nitrogens is 2. The first-order valence-electron chi connectivity index (χ1n) is 15.4. The van der Waals surface area contributed by atoms with E-state index in [1.54, 1.807) is 24.3 Å². The Bertz CT molecular complexity index is 2800. The predicted molar refractivity (Wildman–Crippen MR) is 184 cm³/mol. The van der Waals surface area contributed by atoms with Gasteiger partial charge in [0.05, 0.1) is 22.3 Å². The van der Waals surface area contributed by atoms with Crippen molar-refractivity contribution in [2.75, 3.05) is 0 Å². The summed E-state index contributed by atoms with van der Waals surface area (Å²) in [5, 5.41) is 41.6. The van der Waals surface area contributed by atoms with Crippen LogP contribution in [0.15, 0.2) is 72.8 Å². The second kappa shape index (κ2) is 10.8. The van der Waals surface area contributed by atoms with Gasteiger partial charge in [-0.15, -0.1) is 0 Å². The first-order chi connectivity index (χ1) is 25.1. The van der Waals surface area contributed by atoms with Gasteiger partial charge in [-0.3, -0.25) is 0 Å². The number of carboxylic acids is 4. The number of carboxylic acid groups (broad SMARTS) is 4. The predicted octanol–water partition coefficient (Wildman–Crippen LogP) is 5.66. The molecule has 0 radical (unpaired) electrons. The van der Waals surface area contributed by atoms with Gasteiger partial charge in [0.2, 0.25) is 0 Å². The topological polar surface area (TPSA) is 258 Å². The number of aromatic carboxylic acids is 4. The highest BCUT2D eigenvalue weighted by Gasteiger charge is 2.29. The molecule has 0 saturated carbocycles. The minimum absolute atomic E-state index is 0.00170. The zero-order valence-electron chi connectivity index (χ0n) is 26.0. The number of hydrogen-bond donors (Lipinski definition) is 6. The van der Waals surface area contributed by atoms with Gasteiger partial charge in [0.1, 0.15) is 22.6 Å². The molecule has 7 aromatic rings. The Balaban J connectivity index is 1.55. The molecule has 4 aromatic carbocycles. The minimum atomic E-state index is -1.27. The van der Waals surface area contributed by atoms with Crippen molar-refractivity contribution in [3.05, 3.63) is 95.1 Å². The van der Waals surface area contributed by atoms with Gasteiger partial charge in [0.25, 0.3) is 0 Å². The number of hydrogen-bond acceptors (Lipinski definition) is 10. The molecule has 250 valence electrons. The number of aromatic amines is 2. The summed E-state index contributed by atoms with van der Waals surface area (Å²) in [6.07, 6.45) is 0. The first kappa shape index (κ1) is 30.2. The summed E-state index contributed by atoms with van der Waals surface area (Å²) in [6, 6.07) is 18.0. The van der Waals surface area contributed by atoms with E-state index in [1.165, 1.54) is 48.5 Å². The summed E-state index contributed by atoms with van der Waals surface area (Å²) in [6.45, 7) is 0. The third-order valence-electron chi connectivity index (χ3n) is 8.86. The molecule has 5 heterocycles. The maximum Gasteiger partial charge on any atom is 0.336 e. The average Bonchev–Trinajstić information content (AvgIpc) is 3.86. The average molecular weight is 691 g/mol. The molecule has 0 unspecified atom stereocenters. The third kappa shape index (κ3) is 4.34. The third-order valence-corrected chi connectivity index (χ3v) is 8.86. The van der Waals surface area contributed by atoms with Crippen LogP contribution < -0.4 is 0 Å². The molecule has 0 atom stereocenters. The highest BCUT2D eigenvalue weighted by atomic mass is 16.4. The molecule has 52 heavy (non-hydrogen) atoms. The SMILES string of the molecule is O=C(O)c1cccc2c1-c1nc-2nc2[nH]c(nc3nc(nc4[nH]c(n1)c1cccc(C(=O)O)c41)-c1cccc(C(=O)O)c1-3)c1cccc(C(=O)O)c21. The molecular weight excluding hydrogens is 672 g/mol. The van der Waals surface area contributed by atoms with E-state index in [-0.39, 0.29) is 101 Å². The molecule has 6 N–H and O–H groups in total. The number of fused-ring (bicyclic) bond motifs is 20. The van der Waals surface area contributed by atoms with Crippen molar-refractivity contribution in [3.8, 4) is 45.6 Å². The summed E-state index contributed by atoms with van der Waals surface area (Å²) in [5.74, 6) is -5.20. The molecule has 0 fully saturated rings. The molecule has 9 rings (SSSR count). The molecular formula is C36H18N8O8. The lowest BCUT2D eigenvalue weighted by Gasteiger charge is -2.03. The molecule has 2 aliphatic heterocycles. The quantitative estimate of drug-likeness (QED) is 0.130. The Labute approximate surface area is 287 Å². The second-order valence-corrected chi connectivity index (χ2v) is 11.7. The van der Waals surface area contributed by atoms with Gasteiger partial charge in [0.15, 0.2) is 23.3 Å². The van der Waals surface area contributed by atoms with E-state index in [0.717, 1.165) is 0 Å². The lowest BCUT2D eigenvalue weighted by atomic mass is 10.0. The van der Waals surface area contributed by atoms with Crippen molar-refractivity contribution in [1.29, 1.82) is 0 Å². The monoisotopic (exact) mass is 690 g/mol. The molecule has 0 saturated heterocycles. The smallest absolute Gasteiger partial charge is 0.336 e. The van der Waals surface area contributed by atoms with Gasteiger partial charge >= 0.3 is 23.9 Å². The summed E-state index contributed by atoms with van der Waals surface area (Å²) >= 11 is 0. The van der Waals surface area contributed by atoms with Crippen LogP contribution in [0.25, 0.3) is 89.7 Å². The summed E-state index contributed by atoms with van der Waals surface area (Å²) < 4.78 is 0. The number of benzene rings is 4. The van der Waals surface area contributed by atoms with Gasteiger partial charge < -0.3 is 30.4 Å². The molecule has 0 spiro atoms. The zero-order valence-corrected chi connectivity index (χ0v) is 26.0. The van der Waals surface area contributed by atoms with Crippen LogP contribution in [0.1, 0.15) is 41.4 Å². The fourth-order valence-corrected chi connectivity index (χ4v) is 6.70. The van der Waals surface area contributed by atoms with Crippen LogP contribution >= 0.6 is 0 Å². The Morgan fingerprint density at radius 3 is 1.13 bits per heavy atom. The second-order valence-electron chi connectivity index (χ2n) is 11.7. The van der Waals surface area contributed by atoms with E-state index in [0.29, 0.717) is 10.8 Å². The number of nitrogens with one attached hydrogen (secondary N) is 2. The fourth-order valence-electron chi connectivity index (χ4n) is 6.70. The van der Waals surface area contributed by atoms with Crippen LogP contribution in [-0.4, -0.2) is 84.2 Å². The van der Waals surface area contributed by atoms with Gasteiger partial charge in [-0.2, -0.15) is 0 Å². The van der Waals surface area contributed by atoms with Gasteiger partial charge in [-0.05, 0) is 24.3 Å². The molecule has 16 nitrogen and oxygen atoms in total. The van der Waals surface area contributed by atoms with Crippen molar-refractivity contribution < 1.29 is 39.6 Å². The molecule has 3 aromatic heterocycles.